The van der Waals surface area contributed by atoms with E-state index in [1.807, 2.05) is 25.1 Å². The van der Waals surface area contributed by atoms with Crippen molar-refractivity contribution in [2.75, 3.05) is 6.54 Å². The lowest BCUT2D eigenvalue weighted by Crippen LogP contribution is -2.40. The molecule has 29 heavy (non-hydrogen) atoms. The van der Waals surface area contributed by atoms with Crippen molar-refractivity contribution in [3.63, 3.8) is 0 Å². The Hall–Kier alpha value is -2.67. The third-order valence-electron chi connectivity index (χ3n) is 5.44. The molecule has 0 bridgehead atoms. The number of benzene rings is 2. The molecule has 2 aromatic rings. The number of hydrogen-bond donors (Lipinski definition) is 1. The first-order valence-electron chi connectivity index (χ1n) is 9.57. The molecule has 1 amide bonds. The van der Waals surface area contributed by atoms with Crippen molar-refractivity contribution in [1.29, 1.82) is 0 Å². The number of hydrogen-bond acceptors (Lipinski definition) is 5. The van der Waals surface area contributed by atoms with Crippen LogP contribution in [0.4, 0.5) is 4.79 Å². The Morgan fingerprint density at radius 2 is 1.72 bits per heavy atom. The van der Waals surface area contributed by atoms with Gasteiger partial charge < -0.3 is 10.1 Å². The predicted molar refractivity (Wildman–Crippen MR) is 110 cm³/mol. The first-order chi connectivity index (χ1) is 13.8. The molecule has 3 rings (SSSR count). The van der Waals surface area contributed by atoms with Crippen LogP contribution in [-0.2, 0) is 32.4 Å². The van der Waals surface area contributed by atoms with Gasteiger partial charge in [0.25, 0.3) is 9.84 Å². The second kappa shape index (κ2) is 8.78. The molecule has 0 heterocycles. The molecule has 0 aromatic heterocycles. The molecule has 1 N–H and O–H groups in total. The SMILES string of the molecule is CC(=O)NC[C@@H]1Cc2ccccc2C(S(=O)(=O)C(=O)OCc2ccccc2)[C@@H]1C. The van der Waals surface area contributed by atoms with Gasteiger partial charge in [-0.15, -0.1) is 0 Å². The monoisotopic (exact) mass is 415 g/mol. The van der Waals surface area contributed by atoms with E-state index in [0.29, 0.717) is 18.5 Å². The van der Waals surface area contributed by atoms with Crippen LogP contribution in [0.5, 0.6) is 0 Å². The van der Waals surface area contributed by atoms with Gasteiger partial charge >= 0.3 is 5.30 Å². The van der Waals surface area contributed by atoms with Crippen LogP contribution in [0.2, 0.25) is 0 Å². The molecule has 1 aliphatic rings. The first kappa shape index (κ1) is 21.0. The van der Waals surface area contributed by atoms with E-state index >= 15 is 0 Å². The van der Waals surface area contributed by atoms with Crippen molar-refractivity contribution in [2.24, 2.45) is 11.8 Å². The van der Waals surface area contributed by atoms with Gasteiger partial charge in [0.05, 0.1) is 0 Å². The van der Waals surface area contributed by atoms with Gasteiger partial charge in [0.2, 0.25) is 5.91 Å². The van der Waals surface area contributed by atoms with E-state index in [0.717, 1.165) is 11.1 Å². The zero-order chi connectivity index (χ0) is 21.0. The van der Waals surface area contributed by atoms with E-state index in [1.54, 1.807) is 36.4 Å². The van der Waals surface area contributed by atoms with Crippen LogP contribution < -0.4 is 5.32 Å². The maximum Gasteiger partial charge on any atom is 0.425 e. The highest BCUT2D eigenvalue weighted by Gasteiger charge is 2.45. The van der Waals surface area contributed by atoms with Crippen LogP contribution >= 0.6 is 0 Å². The molecule has 0 fully saturated rings. The van der Waals surface area contributed by atoms with Crippen LogP contribution in [0.1, 0.15) is 35.8 Å². The number of ether oxygens (including phenoxy) is 1. The smallest absolute Gasteiger partial charge is 0.425 e. The second-order valence-corrected chi connectivity index (χ2v) is 9.38. The van der Waals surface area contributed by atoms with E-state index < -0.39 is 20.4 Å². The molecule has 7 heteroatoms. The summed E-state index contributed by atoms with van der Waals surface area (Å²) >= 11 is 0. The summed E-state index contributed by atoms with van der Waals surface area (Å²) in [5, 5.41) is 0.555. The minimum Gasteiger partial charge on any atom is -0.449 e. The minimum atomic E-state index is -4.24. The lowest BCUT2D eigenvalue weighted by atomic mass is 9.76. The molecule has 0 spiro atoms. The van der Waals surface area contributed by atoms with Crippen molar-refractivity contribution in [2.45, 2.75) is 32.1 Å². The summed E-state index contributed by atoms with van der Waals surface area (Å²) in [6.07, 6.45) is 0.642. The Morgan fingerprint density at radius 1 is 1.07 bits per heavy atom. The molecule has 2 aromatic carbocycles. The highest BCUT2D eigenvalue weighted by Crippen LogP contribution is 2.43. The number of rotatable bonds is 5. The van der Waals surface area contributed by atoms with Crippen molar-refractivity contribution in [3.05, 3.63) is 71.3 Å². The Bertz CT molecular complexity index is 987. The van der Waals surface area contributed by atoms with Crippen molar-refractivity contribution in [1.82, 2.24) is 5.32 Å². The average molecular weight is 416 g/mol. The van der Waals surface area contributed by atoms with Gasteiger partial charge in [0, 0.05) is 13.5 Å². The lowest BCUT2D eigenvalue weighted by Gasteiger charge is -2.36. The standard InChI is InChI=1S/C22H25NO5S/c1-15-19(13-23-16(2)24)12-18-10-6-7-11-20(18)21(15)29(26,27)22(25)28-14-17-8-4-3-5-9-17/h3-11,15,19,21H,12-14H2,1-2H3,(H,23,24)/t15-,19+,21?/m1/s1. The fourth-order valence-electron chi connectivity index (χ4n) is 3.88. The number of amides is 1. The normalized spacial score (nSPS) is 21.1. The largest absolute Gasteiger partial charge is 0.449 e. The maximum absolute atomic E-state index is 13.2. The van der Waals surface area contributed by atoms with E-state index in [4.69, 9.17) is 4.74 Å². The number of carbonyl (C=O) groups is 2. The van der Waals surface area contributed by atoms with Gasteiger partial charge in [-0.1, -0.05) is 61.5 Å². The number of nitrogens with one attached hydrogen (secondary N) is 1. The summed E-state index contributed by atoms with van der Waals surface area (Å²) in [6, 6.07) is 16.2. The molecule has 6 nitrogen and oxygen atoms in total. The van der Waals surface area contributed by atoms with Crippen molar-refractivity contribution < 1.29 is 22.7 Å². The number of fused-ring (bicyclic) bond motifs is 1. The second-order valence-electron chi connectivity index (χ2n) is 7.45. The number of carbonyl (C=O) groups excluding carboxylic acids is 2. The zero-order valence-corrected chi connectivity index (χ0v) is 17.3. The molecule has 0 saturated heterocycles. The molecule has 0 radical (unpaired) electrons. The van der Waals surface area contributed by atoms with Gasteiger partial charge in [0.1, 0.15) is 11.9 Å². The topological polar surface area (TPSA) is 89.5 Å². The highest BCUT2D eigenvalue weighted by molar-refractivity contribution is 8.05. The summed E-state index contributed by atoms with van der Waals surface area (Å²) in [7, 11) is -4.24. The Morgan fingerprint density at radius 3 is 2.41 bits per heavy atom. The third-order valence-corrected chi connectivity index (χ3v) is 7.38. The summed E-state index contributed by atoms with van der Waals surface area (Å²) < 4.78 is 31.5. The molecule has 0 saturated carbocycles. The Labute approximate surface area is 171 Å². The number of sulfone groups is 1. The van der Waals surface area contributed by atoms with Crippen LogP contribution in [0.15, 0.2) is 54.6 Å². The van der Waals surface area contributed by atoms with Crippen LogP contribution in [0, 0.1) is 11.8 Å². The minimum absolute atomic E-state index is 0.100. The summed E-state index contributed by atoms with van der Waals surface area (Å²) in [5.74, 6) is -0.626. The van der Waals surface area contributed by atoms with Gasteiger partial charge in [-0.05, 0) is 34.9 Å². The predicted octanol–water partition coefficient (Wildman–Crippen LogP) is 3.42. The molecule has 154 valence electrons. The zero-order valence-electron chi connectivity index (χ0n) is 16.5. The summed E-state index contributed by atoms with van der Waals surface area (Å²) in [5.41, 5.74) is 2.23. The first-order valence-corrected chi connectivity index (χ1v) is 11.1. The van der Waals surface area contributed by atoms with E-state index in [9.17, 15) is 18.0 Å². The molecule has 1 aliphatic carbocycles. The van der Waals surface area contributed by atoms with Crippen LogP contribution in [-0.4, -0.2) is 26.2 Å². The lowest BCUT2D eigenvalue weighted by molar-refractivity contribution is -0.119. The molecular formula is C22H25NO5S. The van der Waals surface area contributed by atoms with Crippen molar-refractivity contribution in [3.8, 4) is 0 Å². The van der Waals surface area contributed by atoms with Gasteiger partial charge in [-0.2, -0.15) is 0 Å². The van der Waals surface area contributed by atoms with E-state index in [1.165, 1.54) is 6.92 Å². The molecule has 3 atom stereocenters. The van der Waals surface area contributed by atoms with Crippen LogP contribution in [0.25, 0.3) is 0 Å². The van der Waals surface area contributed by atoms with Gasteiger partial charge in [-0.25, -0.2) is 13.2 Å². The average Bonchev–Trinajstić information content (AvgIpc) is 2.70. The maximum atomic E-state index is 13.2. The van der Waals surface area contributed by atoms with E-state index in [-0.39, 0.29) is 24.3 Å². The Balaban J connectivity index is 1.86. The fourth-order valence-corrected chi connectivity index (χ4v) is 5.66. The quantitative estimate of drug-likeness (QED) is 0.756. The molecular weight excluding hydrogens is 390 g/mol. The van der Waals surface area contributed by atoms with Crippen molar-refractivity contribution >= 4 is 21.0 Å². The fraction of sp³-hybridized carbons (Fsp3) is 0.364. The molecule has 0 aliphatic heterocycles. The van der Waals surface area contributed by atoms with E-state index in [2.05, 4.69) is 5.32 Å². The Kier molecular flexibility index (Phi) is 6.37. The molecule has 1 unspecified atom stereocenters. The van der Waals surface area contributed by atoms with Gasteiger partial charge in [-0.3, -0.25) is 4.79 Å². The third kappa shape index (κ3) is 4.67. The highest BCUT2D eigenvalue weighted by atomic mass is 32.2. The van der Waals surface area contributed by atoms with Gasteiger partial charge in [0.15, 0.2) is 0 Å². The summed E-state index contributed by atoms with van der Waals surface area (Å²) in [4.78, 5) is 23.9. The summed E-state index contributed by atoms with van der Waals surface area (Å²) in [6.45, 7) is 3.50. The van der Waals surface area contributed by atoms with Crippen LogP contribution in [0.3, 0.4) is 0 Å².